The van der Waals surface area contributed by atoms with E-state index in [1.807, 2.05) is 0 Å². The van der Waals surface area contributed by atoms with Crippen LogP contribution in [0.2, 0.25) is 0 Å². The molecule has 2 heterocycles. The molecule has 2 saturated heterocycles. The normalized spacial score (nSPS) is 24.8. The largest absolute Gasteiger partial charge is 0.522 e. The summed E-state index contributed by atoms with van der Waals surface area (Å²) in [6.45, 7) is -0.607. The van der Waals surface area contributed by atoms with Gasteiger partial charge in [-0.05, 0) is 37.5 Å². The first-order chi connectivity index (χ1) is 15.5. The minimum atomic E-state index is -5.02. The molecule has 1 aliphatic carbocycles. The smallest absolute Gasteiger partial charge is 0.356 e. The summed E-state index contributed by atoms with van der Waals surface area (Å²) in [4.78, 5) is 51.7. The van der Waals surface area contributed by atoms with Crippen LogP contribution in [0, 0.1) is 11.3 Å². The lowest BCUT2D eigenvalue weighted by molar-refractivity contribution is -0.321. The van der Waals surface area contributed by atoms with Gasteiger partial charge in [-0.25, -0.2) is 0 Å². The summed E-state index contributed by atoms with van der Waals surface area (Å²) in [5.74, 6) is -3.21. The van der Waals surface area contributed by atoms with Gasteiger partial charge in [-0.3, -0.25) is 23.9 Å². The fourth-order valence-electron chi connectivity index (χ4n) is 4.44. The number of ether oxygens (including phenoxy) is 3. The van der Waals surface area contributed by atoms with Crippen LogP contribution in [0.3, 0.4) is 0 Å². The molecule has 0 radical (unpaired) electrons. The minimum Gasteiger partial charge on any atom is -0.356 e. The molecule has 0 aromatic rings. The number of amides is 3. The van der Waals surface area contributed by atoms with Crippen LogP contribution in [0.5, 0.6) is 0 Å². The molecule has 13 heteroatoms. The number of likely N-dealkylation sites (tertiary alicyclic amines) is 1. The van der Waals surface area contributed by atoms with Crippen molar-refractivity contribution in [3.8, 4) is 0 Å². The molecule has 0 bridgehead atoms. The fourth-order valence-corrected chi connectivity index (χ4v) is 4.44. The highest BCUT2D eigenvalue weighted by Gasteiger charge is 2.56. The van der Waals surface area contributed by atoms with Crippen molar-refractivity contribution in [2.24, 2.45) is 11.3 Å². The Morgan fingerprint density at radius 3 is 2.42 bits per heavy atom. The van der Waals surface area contributed by atoms with Crippen LogP contribution in [-0.2, 0) is 33.4 Å². The van der Waals surface area contributed by atoms with E-state index in [1.54, 1.807) is 0 Å². The quantitative estimate of drug-likeness (QED) is 0.426. The van der Waals surface area contributed by atoms with Gasteiger partial charge in [-0.1, -0.05) is 0 Å². The number of halogens is 3. The topological polar surface area (TPSA) is 123 Å². The number of hydrogen-bond donors (Lipinski definition) is 2. The van der Waals surface area contributed by atoms with E-state index in [4.69, 9.17) is 9.47 Å². The van der Waals surface area contributed by atoms with Gasteiger partial charge in [0.25, 0.3) is 5.91 Å². The number of methoxy groups -OCH3 is 2. The minimum absolute atomic E-state index is 0.164. The summed E-state index contributed by atoms with van der Waals surface area (Å²) in [6.07, 6.45) is -3.99. The predicted octanol–water partition coefficient (Wildman–Crippen LogP) is 0.103. The van der Waals surface area contributed by atoms with Crippen molar-refractivity contribution in [1.29, 1.82) is 0 Å². The van der Waals surface area contributed by atoms with Crippen LogP contribution in [0.4, 0.5) is 13.2 Å². The number of rotatable bonds is 10. The number of ketones is 1. The van der Waals surface area contributed by atoms with Crippen molar-refractivity contribution < 1.29 is 46.6 Å². The van der Waals surface area contributed by atoms with Crippen molar-refractivity contribution in [2.45, 2.75) is 56.8 Å². The summed E-state index contributed by atoms with van der Waals surface area (Å²) in [6, 6.07) is -2.31. The van der Waals surface area contributed by atoms with E-state index in [9.17, 15) is 32.3 Å². The van der Waals surface area contributed by atoms with Crippen LogP contribution in [0.1, 0.15) is 32.1 Å². The molecule has 3 amide bonds. The van der Waals surface area contributed by atoms with Gasteiger partial charge in [0.15, 0.2) is 5.78 Å². The third kappa shape index (κ3) is 6.21. The average Bonchev–Trinajstić information content (AvgIpc) is 3.21. The van der Waals surface area contributed by atoms with Crippen molar-refractivity contribution >= 4 is 23.5 Å². The number of hydrogen-bond acceptors (Lipinski definition) is 7. The highest BCUT2D eigenvalue weighted by molar-refractivity contribution is 5.94. The van der Waals surface area contributed by atoms with E-state index < -0.39 is 54.9 Å². The zero-order valence-corrected chi connectivity index (χ0v) is 18.4. The van der Waals surface area contributed by atoms with Crippen molar-refractivity contribution in [2.75, 3.05) is 33.9 Å². The Bertz CT molecular complexity index is 783. The van der Waals surface area contributed by atoms with Crippen molar-refractivity contribution in [3.05, 3.63) is 0 Å². The first kappa shape index (κ1) is 25.4. The lowest BCUT2D eigenvalue weighted by Gasteiger charge is -2.28. The van der Waals surface area contributed by atoms with E-state index in [1.165, 1.54) is 19.1 Å². The molecule has 2 N–H and O–H groups in total. The zero-order valence-electron chi connectivity index (χ0n) is 18.4. The molecule has 0 aromatic heterocycles. The monoisotopic (exact) mass is 479 g/mol. The van der Waals surface area contributed by atoms with Gasteiger partial charge < -0.3 is 25.0 Å². The Hall–Kier alpha value is -2.25. The maximum absolute atomic E-state index is 13.1. The zero-order chi connectivity index (χ0) is 24.4. The lowest BCUT2D eigenvalue weighted by atomic mass is 9.95. The molecule has 186 valence electrons. The summed E-state index contributed by atoms with van der Waals surface area (Å²) < 4.78 is 51.0. The Kier molecular flexibility index (Phi) is 7.64. The molecular formula is C20H28F3N3O7. The predicted molar refractivity (Wildman–Crippen MR) is 104 cm³/mol. The van der Waals surface area contributed by atoms with E-state index in [-0.39, 0.29) is 17.7 Å². The maximum Gasteiger partial charge on any atom is 0.522 e. The third-order valence-electron chi connectivity index (χ3n) is 6.45. The van der Waals surface area contributed by atoms with Gasteiger partial charge in [0.05, 0.1) is 6.04 Å². The first-order valence-corrected chi connectivity index (χ1v) is 10.7. The molecular weight excluding hydrogens is 451 g/mol. The van der Waals surface area contributed by atoms with Gasteiger partial charge in [0.2, 0.25) is 18.1 Å². The Morgan fingerprint density at radius 1 is 1.24 bits per heavy atom. The number of nitrogens with zero attached hydrogens (tertiary/aromatic N) is 1. The van der Waals surface area contributed by atoms with E-state index in [2.05, 4.69) is 15.4 Å². The van der Waals surface area contributed by atoms with Crippen LogP contribution < -0.4 is 10.6 Å². The van der Waals surface area contributed by atoms with Crippen LogP contribution in [0.25, 0.3) is 0 Å². The van der Waals surface area contributed by atoms with Gasteiger partial charge in [-0.2, -0.15) is 0 Å². The Balaban J connectivity index is 1.74. The molecule has 2 aliphatic heterocycles. The lowest BCUT2D eigenvalue weighted by Crippen LogP contribution is -2.54. The highest BCUT2D eigenvalue weighted by atomic mass is 19.4. The summed E-state index contributed by atoms with van der Waals surface area (Å²) in [7, 11) is 2.57. The van der Waals surface area contributed by atoms with Gasteiger partial charge in [0.1, 0.15) is 12.6 Å². The van der Waals surface area contributed by atoms with Crippen LogP contribution in [0.15, 0.2) is 0 Å². The number of carbonyl (C=O) groups excluding carboxylic acids is 4. The van der Waals surface area contributed by atoms with Crippen molar-refractivity contribution in [3.63, 3.8) is 0 Å². The number of Topliss-reactive ketones (excluding diaryl/α,β-unsaturated/α-hetero) is 1. The molecule has 10 nitrogen and oxygen atoms in total. The summed E-state index contributed by atoms with van der Waals surface area (Å²) in [5, 5.41) is 5.07. The number of alkyl halides is 3. The van der Waals surface area contributed by atoms with E-state index in [0.717, 1.165) is 12.8 Å². The molecule has 0 aromatic carbocycles. The summed E-state index contributed by atoms with van der Waals surface area (Å²) >= 11 is 0. The van der Waals surface area contributed by atoms with Gasteiger partial charge in [-0.15, -0.1) is 13.2 Å². The summed E-state index contributed by atoms with van der Waals surface area (Å²) in [5.41, 5.74) is -0.200. The fraction of sp³-hybridized carbons (Fsp3) is 0.800. The first-order valence-electron chi connectivity index (χ1n) is 10.7. The van der Waals surface area contributed by atoms with Crippen LogP contribution in [-0.4, -0.2) is 87.1 Å². The second-order valence-corrected chi connectivity index (χ2v) is 8.76. The third-order valence-corrected chi connectivity index (χ3v) is 6.45. The van der Waals surface area contributed by atoms with Crippen molar-refractivity contribution in [1.82, 2.24) is 15.5 Å². The number of carbonyl (C=O) groups is 4. The van der Waals surface area contributed by atoms with Gasteiger partial charge >= 0.3 is 6.36 Å². The molecule has 3 aliphatic rings. The van der Waals surface area contributed by atoms with Gasteiger partial charge in [0, 0.05) is 33.2 Å². The average molecular weight is 479 g/mol. The van der Waals surface area contributed by atoms with E-state index in [0.29, 0.717) is 25.9 Å². The standard InChI is InChI=1S/C20H28F3N3O7/c1-31-18(32-2)17(30)26-10-19(4-5-19)8-13(26)16(29)25-12(7-11-3-6-24-15(11)28)14(27)9-33-20(21,22)23/h11-13,18H,3-10H2,1-2H3,(H,24,28)(H,25,29)/t11-,12?,13-/m0/s1. The molecule has 3 rings (SSSR count). The molecule has 3 fully saturated rings. The molecule has 33 heavy (non-hydrogen) atoms. The number of nitrogens with one attached hydrogen (secondary N) is 2. The van der Waals surface area contributed by atoms with E-state index >= 15 is 0 Å². The molecule has 3 atom stereocenters. The molecule has 1 spiro atoms. The maximum atomic E-state index is 13.1. The Labute approximate surface area is 188 Å². The second-order valence-electron chi connectivity index (χ2n) is 8.76. The molecule has 1 saturated carbocycles. The second kappa shape index (κ2) is 9.94. The Morgan fingerprint density at radius 2 is 1.91 bits per heavy atom. The SMILES string of the molecule is COC(OC)C(=O)N1CC2(CC2)C[C@H]1C(=O)NC(C[C@@H]1CCNC1=O)C(=O)COC(F)(F)F. The highest BCUT2D eigenvalue weighted by Crippen LogP contribution is 2.55. The van der Waals surface area contributed by atoms with Crippen LogP contribution >= 0.6 is 0 Å². The molecule has 1 unspecified atom stereocenters.